The van der Waals surface area contributed by atoms with Crippen LogP contribution in [0.1, 0.15) is 18.4 Å². The Morgan fingerprint density at radius 1 is 0.829 bits per heavy atom. The van der Waals surface area contributed by atoms with E-state index >= 15 is 0 Å². The molecular weight excluding hydrogens is 441 g/mol. The molecule has 5 rings (SSSR count). The normalized spacial score (nSPS) is 20.6. The van der Waals surface area contributed by atoms with E-state index in [1.165, 1.54) is 11.9 Å². The lowest BCUT2D eigenvalue weighted by Crippen LogP contribution is -2.52. The molecular formula is C28H35FN5O. The van der Waals surface area contributed by atoms with E-state index in [-0.39, 0.29) is 11.7 Å². The Hall–Kier alpha value is -2.90. The van der Waals surface area contributed by atoms with Crippen molar-refractivity contribution >= 4 is 5.71 Å². The van der Waals surface area contributed by atoms with Crippen molar-refractivity contribution in [1.82, 2.24) is 19.6 Å². The number of rotatable bonds is 5. The van der Waals surface area contributed by atoms with Crippen molar-refractivity contribution in [1.29, 1.82) is 0 Å². The highest BCUT2D eigenvalue weighted by molar-refractivity contribution is 6.07. The molecule has 2 aromatic carbocycles. The molecule has 185 valence electrons. The van der Waals surface area contributed by atoms with Crippen LogP contribution in [-0.4, -0.2) is 91.8 Å². The first-order valence-electron chi connectivity index (χ1n) is 12.5. The van der Waals surface area contributed by atoms with Gasteiger partial charge in [-0.1, -0.05) is 54.5 Å². The topological polar surface area (TPSA) is 34.6 Å². The van der Waals surface area contributed by atoms with Crippen LogP contribution in [0.15, 0.2) is 65.1 Å². The largest absolute Gasteiger partial charge is 0.383 e. The summed E-state index contributed by atoms with van der Waals surface area (Å²) in [6.07, 6.45) is 0. The smallest absolute Gasteiger partial charge is 0.201 e. The van der Waals surface area contributed by atoms with Gasteiger partial charge in [-0.3, -0.25) is 0 Å². The molecule has 2 fully saturated rings. The fourth-order valence-electron chi connectivity index (χ4n) is 5.11. The predicted octanol–water partition coefficient (Wildman–Crippen LogP) is 3.85. The third kappa shape index (κ3) is 5.07. The Labute approximate surface area is 208 Å². The van der Waals surface area contributed by atoms with E-state index in [9.17, 15) is 4.39 Å². The maximum absolute atomic E-state index is 14.3. The van der Waals surface area contributed by atoms with Gasteiger partial charge >= 0.3 is 0 Å². The van der Waals surface area contributed by atoms with Crippen molar-refractivity contribution in [3.05, 3.63) is 77.9 Å². The number of hydrogen-bond donors (Lipinski definition) is 0. The van der Waals surface area contributed by atoms with Crippen molar-refractivity contribution in [3.63, 3.8) is 0 Å². The van der Waals surface area contributed by atoms with E-state index in [1.807, 2.05) is 30.9 Å². The molecule has 0 aromatic heterocycles. The van der Waals surface area contributed by atoms with Crippen molar-refractivity contribution < 1.29 is 9.23 Å². The Kier molecular flexibility index (Phi) is 7.07. The van der Waals surface area contributed by atoms with Crippen LogP contribution in [0.2, 0.25) is 0 Å². The van der Waals surface area contributed by atoms with Crippen LogP contribution < -0.4 is 0 Å². The molecule has 0 N–H and O–H groups in total. The molecule has 0 aliphatic carbocycles. The Bertz CT molecular complexity index is 1060. The molecule has 6 nitrogen and oxygen atoms in total. The SMILES string of the molecule is CC(C1=NO[CH]C1=C(N1CCN(C)CC1)N1CCN(C)CC1)c1ccc(-c2ccccc2F)cc1. The summed E-state index contributed by atoms with van der Waals surface area (Å²) in [4.78, 5) is 15.4. The number of likely N-dealkylation sites (N-methyl/N-ethyl adjacent to an activating group) is 2. The Balaban J connectivity index is 1.44. The zero-order valence-corrected chi connectivity index (χ0v) is 21.0. The summed E-state index contributed by atoms with van der Waals surface area (Å²) < 4.78 is 14.3. The van der Waals surface area contributed by atoms with Gasteiger partial charge in [-0.05, 0) is 31.3 Å². The molecule has 3 aliphatic heterocycles. The van der Waals surface area contributed by atoms with Gasteiger partial charge in [0.05, 0.1) is 11.3 Å². The molecule has 35 heavy (non-hydrogen) atoms. The Morgan fingerprint density at radius 3 is 1.97 bits per heavy atom. The third-order valence-electron chi connectivity index (χ3n) is 7.45. The van der Waals surface area contributed by atoms with Gasteiger partial charge in [0.1, 0.15) is 11.6 Å². The van der Waals surface area contributed by atoms with E-state index in [2.05, 4.69) is 57.9 Å². The quantitative estimate of drug-likeness (QED) is 0.655. The molecule has 2 saturated heterocycles. The summed E-state index contributed by atoms with van der Waals surface area (Å²) in [6.45, 7) is 12.2. The second-order valence-electron chi connectivity index (χ2n) is 9.84. The van der Waals surface area contributed by atoms with Crippen molar-refractivity contribution in [3.8, 4) is 11.1 Å². The molecule has 2 aromatic rings. The third-order valence-corrected chi connectivity index (χ3v) is 7.45. The van der Waals surface area contributed by atoms with Gasteiger partial charge in [-0.25, -0.2) is 4.39 Å². The number of piperazine rings is 2. The summed E-state index contributed by atoms with van der Waals surface area (Å²) in [7, 11) is 4.37. The highest BCUT2D eigenvalue weighted by atomic mass is 19.1. The van der Waals surface area contributed by atoms with E-state index in [0.29, 0.717) is 5.56 Å². The molecule has 3 aliphatic rings. The Morgan fingerprint density at radius 2 is 1.40 bits per heavy atom. The summed E-state index contributed by atoms with van der Waals surface area (Å²) in [5.74, 6) is 1.09. The van der Waals surface area contributed by atoms with Gasteiger partial charge in [0, 0.05) is 63.8 Å². The average molecular weight is 477 g/mol. The minimum absolute atomic E-state index is 0.0494. The van der Waals surface area contributed by atoms with Gasteiger partial charge in [-0.2, -0.15) is 0 Å². The van der Waals surface area contributed by atoms with Crippen molar-refractivity contribution in [2.75, 3.05) is 66.5 Å². The second kappa shape index (κ2) is 10.4. The van der Waals surface area contributed by atoms with E-state index in [1.54, 1.807) is 6.07 Å². The lowest BCUT2D eigenvalue weighted by Gasteiger charge is -2.44. The summed E-state index contributed by atoms with van der Waals surface area (Å²) in [5, 5.41) is 4.50. The molecule has 0 bridgehead atoms. The maximum Gasteiger partial charge on any atom is 0.201 e. The number of nitrogens with zero attached hydrogens (tertiary/aromatic N) is 5. The van der Waals surface area contributed by atoms with E-state index < -0.39 is 0 Å². The summed E-state index contributed by atoms with van der Waals surface area (Å²) in [5.41, 5.74) is 4.67. The van der Waals surface area contributed by atoms with Crippen LogP contribution in [0.4, 0.5) is 4.39 Å². The standard InChI is InChI=1S/C28H35FN5O/c1-21(22-8-10-23(11-9-22)24-6-4-5-7-26(24)29)27-25(20-35-30-27)28(33-16-12-31(2)13-17-33)34-18-14-32(3)15-19-34/h4-11,20-21H,12-19H2,1-3H3. The van der Waals surface area contributed by atoms with Crippen LogP contribution in [0.5, 0.6) is 0 Å². The minimum atomic E-state index is -0.203. The number of oxime groups is 1. The number of hydrogen-bond acceptors (Lipinski definition) is 6. The highest BCUT2D eigenvalue weighted by Crippen LogP contribution is 2.33. The van der Waals surface area contributed by atoms with Crippen molar-refractivity contribution in [2.24, 2.45) is 5.16 Å². The molecule has 3 heterocycles. The first-order chi connectivity index (χ1) is 17.0. The lowest BCUT2D eigenvalue weighted by atomic mass is 9.90. The fourth-order valence-corrected chi connectivity index (χ4v) is 5.11. The van der Waals surface area contributed by atoms with Crippen molar-refractivity contribution in [2.45, 2.75) is 12.8 Å². The van der Waals surface area contributed by atoms with Gasteiger partial charge < -0.3 is 24.4 Å². The van der Waals surface area contributed by atoms with Crippen LogP contribution in [0.25, 0.3) is 11.1 Å². The zero-order valence-electron chi connectivity index (χ0n) is 21.0. The molecule has 0 spiro atoms. The first kappa shape index (κ1) is 23.8. The fraction of sp³-hybridized carbons (Fsp3) is 0.429. The summed E-state index contributed by atoms with van der Waals surface area (Å²) >= 11 is 0. The van der Waals surface area contributed by atoms with Crippen LogP contribution in [0, 0.1) is 12.4 Å². The van der Waals surface area contributed by atoms with E-state index in [0.717, 1.165) is 74.8 Å². The van der Waals surface area contributed by atoms with Crippen LogP contribution in [-0.2, 0) is 4.84 Å². The zero-order chi connectivity index (χ0) is 24.4. The number of halogens is 1. The van der Waals surface area contributed by atoms with Crippen LogP contribution in [0.3, 0.4) is 0 Å². The summed E-state index contributed by atoms with van der Waals surface area (Å²) in [6, 6.07) is 15.1. The first-order valence-corrected chi connectivity index (χ1v) is 12.5. The number of benzene rings is 2. The highest BCUT2D eigenvalue weighted by Gasteiger charge is 2.33. The lowest BCUT2D eigenvalue weighted by molar-refractivity contribution is 0.105. The van der Waals surface area contributed by atoms with Gasteiger partial charge in [-0.15, -0.1) is 0 Å². The average Bonchev–Trinajstić information content (AvgIpc) is 3.36. The monoisotopic (exact) mass is 476 g/mol. The molecule has 1 radical (unpaired) electrons. The van der Waals surface area contributed by atoms with Gasteiger partial charge in [0.2, 0.25) is 6.61 Å². The predicted molar refractivity (Wildman–Crippen MR) is 138 cm³/mol. The molecule has 7 heteroatoms. The molecule has 0 saturated carbocycles. The minimum Gasteiger partial charge on any atom is -0.383 e. The molecule has 0 amide bonds. The van der Waals surface area contributed by atoms with Gasteiger partial charge in [0.25, 0.3) is 0 Å². The molecule has 1 atom stereocenters. The van der Waals surface area contributed by atoms with Gasteiger partial charge in [0.15, 0.2) is 0 Å². The van der Waals surface area contributed by atoms with E-state index in [4.69, 9.17) is 4.84 Å². The molecule has 1 unspecified atom stereocenters. The van der Waals surface area contributed by atoms with Crippen LogP contribution >= 0.6 is 0 Å². The second-order valence-corrected chi connectivity index (χ2v) is 9.84. The maximum atomic E-state index is 14.3.